The number of fused-ring (bicyclic) bond motifs is 1. The zero-order chi connectivity index (χ0) is 30.7. The highest BCUT2D eigenvalue weighted by Crippen LogP contribution is 2.37. The Hall–Kier alpha value is -4.19. The molecule has 1 fully saturated rings. The zero-order valence-corrected chi connectivity index (χ0v) is 26.1. The SMILES string of the molecule is CCCC(=O)N1CCC(c2cc(OC)c(Nc3nc(Nc4ccccc4S(=O)(=O)C(C)C)n4nccc4n3)cc2C)CC1. The Morgan fingerprint density at radius 1 is 1.07 bits per heavy atom. The number of piperidine rings is 1. The van der Waals surface area contributed by atoms with Crippen LogP contribution in [-0.2, 0) is 14.6 Å². The van der Waals surface area contributed by atoms with Gasteiger partial charge < -0.3 is 20.3 Å². The molecule has 2 aromatic carbocycles. The Labute approximate surface area is 252 Å². The van der Waals surface area contributed by atoms with Crippen LogP contribution in [0.4, 0.5) is 23.3 Å². The summed E-state index contributed by atoms with van der Waals surface area (Å²) in [5, 5.41) is 10.2. The maximum atomic E-state index is 13.0. The average molecular weight is 606 g/mol. The first-order chi connectivity index (χ1) is 20.6. The number of hydrogen-bond acceptors (Lipinski definition) is 9. The molecule has 5 rings (SSSR count). The van der Waals surface area contributed by atoms with Gasteiger partial charge in [-0.1, -0.05) is 19.1 Å². The highest BCUT2D eigenvalue weighted by Gasteiger charge is 2.26. The van der Waals surface area contributed by atoms with Gasteiger partial charge in [0.15, 0.2) is 15.5 Å². The molecule has 2 N–H and O–H groups in total. The smallest absolute Gasteiger partial charge is 0.233 e. The molecule has 1 amide bonds. The number of nitrogens with one attached hydrogen (secondary N) is 2. The van der Waals surface area contributed by atoms with E-state index in [-0.39, 0.29) is 10.8 Å². The van der Waals surface area contributed by atoms with Crippen molar-refractivity contribution in [1.29, 1.82) is 0 Å². The van der Waals surface area contributed by atoms with E-state index in [0.717, 1.165) is 37.9 Å². The quantitative estimate of drug-likeness (QED) is 0.237. The van der Waals surface area contributed by atoms with Crippen molar-refractivity contribution in [2.75, 3.05) is 30.8 Å². The van der Waals surface area contributed by atoms with Gasteiger partial charge in [0.2, 0.25) is 17.8 Å². The fourth-order valence-electron chi connectivity index (χ4n) is 5.50. The number of hydrogen-bond donors (Lipinski definition) is 2. The van der Waals surface area contributed by atoms with Gasteiger partial charge in [0.05, 0.1) is 34.8 Å². The molecule has 1 aliphatic heterocycles. The van der Waals surface area contributed by atoms with Gasteiger partial charge in [0.25, 0.3) is 0 Å². The lowest BCUT2D eigenvalue weighted by Crippen LogP contribution is -2.37. The van der Waals surface area contributed by atoms with Crippen LogP contribution < -0.4 is 15.4 Å². The molecule has 228 valence electrons. The van der Waals surface area contributed by atoms with Gasteiger partial charge in [-0.05, 0) is 81.3 Å². The maximum Gasteiger partial charge on any atom is 0.233 e. The molecule has 12 heteroatoms. The van der Waals surface area contributed by atoms with E-state index in [2.05, 4.69) is 38.7 Å². The summed E-state index contributed by atoms with van der Waals surface area (Å²) in [4.78, 5) is 23.8. The van der Waals surface area contributed by atoms with Gasteiger partial charge in [-0.15, -0.1) is 0 Å². The molecule has 43 heavy (non-hydrogen) atoms. The van der Waals surface area contributed by atoms with Gasteiger partial charge in [0, 0.05) is 25.6 Å². The molecule has 1 saturated heterocycles. The average Bonchev–Trinajstić information content (AvgIpc) is 3.47. The van der Waals surface area contributed by atoms with Crippen LogP contribution in [-0.4, -0.2) is 64.3 Å². The van der Waals surface area contributed by atoms with Crippen molar-refractivity contribution < 1.29 is 17.9 Å². The third kappa shape index (κ3) is 6.29. The fraction of sp³-hybridized carbons (Fsp3) is 0.419. The van der Waals surface area contributed by atoms with Crippen molar-refractivity contribution in [3.8, 4) is 5.75 Å². The third-order valence-corrected chi connectivity index (χ3v) is 10.1. The lowest BCUT2D eigenvalue weighted by atomic mass is 9.86. The number of amides is 1. The van der Waals surface area contributed by atoms with Gasteiger partial charge in [0.1, 0.15) is 5.75 Å². The zero-order valence-electron chi connectivity index (χ0n) is 25.3. The lowest BCUT2D eigenvalue weighted by Gasteiger charge is -2.33. The van der Waals surface area contributed by atoms with Crippen molar-refractivity contribution in [3.05, 3.63) is 59.8 Å². The van der Waals surface area contributed by atoms with E-state index in [1.54, 1.807) is 57.5 Å². The molecule has 11 nitrogen and oxygen atoms in total. The van der Waals surface area contributed by atoms with E-state index in [1.807, 2.05) is 17.9 Å². The van der Waals surface area contributed by atoms with Gasteiger partial charge in [-0.25, -0.2) is 8.42 Å². The molecule has 2 aromatic heterocycles. The van der Waals surface area contributed by atoms with Gasteiger partial charge in [-0.3, -0.25) is 4.79 Å². The minimum atomic E-state index is -3.55. The molecule has 0 saturated carbocycles. The summed E-state index contributed by atoms with van der Waals surface area (Å²) < 4.78 is 33.4. The summed E-state index contributed by atoms with van der Waals surface area (Å²) in [6.45, 7) is 8.95. The highest BCUT2D eigenvalue weighted by atomic mass is 32.2. The largest absolute Gasteiger partial charge is 0.495 e. The van der Waals surface area contributed by atoms with E-state index in [9.17, 15) is 13.2 Å². The Kier molecular flexibility index (Phi) is 8.86. The van der Waals surface area contributed by atoms with E-state index < -0.39 is 15.1 Å². The van der Waals surface area contributed by atoms with Crippen LogP contribution in [0.25, 0.3) is 5.65 Å². The lowest BCUT2D eigenvalue weighted by molar-refractivity contribution is -0.132. The molecule has 0 radical (unpaired) electrons. The van der Waals surface area contributed by atoms with Crippen molar-refractivity contribution in [1.82, 2.24) is 24.5 Å². The van der Waals surface area contributed by atoms with Crippen LogP contribution in [0.15, 0.2) is 53.6 Å². The summed E-state index contributed by atoms with van der Waals surface area (Å²) in [7, 11) is -1.92. The van der Waals surface area contributed by atoms with Crippen LogP contribution in [0, 0.1) is 6.92 Å². The number of para-hydroxylation sites is 1. The molecular formula is C31H39N7O4S. The van der Waals surface area contributed by atoms with Crippen LogP contribution in [0.1, 0.15) is 63.5 Å². The second-order valence-corrected chi connectivity index (χ2v) is 13.6. The first-order valence-corrected chi connectivity index (χ1v) is 16.2. The molecule has 0 unspecified atom stereocenters. The number of ether oxygens (including phenoxy) is 1. The number of aromatic nitrogens is 4. The second-order valence-electron chi connectivity index (χ2n) is 11.1. The van der Waals surface area contributed by atoms with Gasteiger partial charge in [-0.2, -0.15) is 19.6 Å². The minimum Gasteiger partial charge on any atom is -0.495 e. The van der Waals surface area contributed by atoms with Gasteiger partial charge >= 0.3 is 0 Å². The fourth-order valence-corrected chi connectivity index (χ4v) is 6.70. The first kappa shape index (κ1) is 30.3. The minimum absolute atomic E-state index is 0.187. The third-order valence-electron chi connectivity index (χ3n) is 7.90. The topological polar surface area (TPSA) is 131 Å². The molecule has 1 aliphatic rings. The predicted molar refractivity (Wildman–Crippen MR) is 167 cm³/mol. The van der Waals surface area contributed by atoms with Crippen molar-refractivity contribution in [3.63, 3.8) is 0 Å². The van der Waals surface area contributed by atoms with Crippen LogP contribution in [0.2, 0.25) is 0 Å². The number of nitrogens with zero attached hydrogens (tertiary/aromatic N) is 5. The van der Waals surface area contributed by atoms with Crippen LogP contribution in [0.5, 0.6) is 5.75 Å². The Morgan fingerprint density at radius 2 is 1.81 bits per heavy atom. The van der Waals surface area contributed by atoms with Crippen molar-refractivity contribution in [2.24, 2.45) is 0 Å². The van der Waals surface area contributed by atoms with E-state index in [0.29, 0.717) is 47.0 Å². The molecule has 0 spiro atoms. The number of carbonyl (C=O) groups excluding carboxylic acids is 1. The summed E-state index contributed by atoms with van der Waals surface area (Å²) in [5.41, 5.74) is 3.95. The van der Waals surface area contributed by atoms with Crippen LogP contribution in [0.3, 0.4) is 0 Å². The Morgan fingerprint density at radius 3 is 2.51 bits per heavy atom. The number of likely N-dealkylation sites (tertiary alicyclic amines) is 1. The number of rotatable bonds is 10. The van der Waals surface area contributed by atoms with Crippen molar-refractivity contribution in [2.45, 2.75) is 69.4 Å². The summed E-state index contributed by atoms with van der Waals surface area (Å²) in [6.07, 6.45) is 4.90. The normalized spacial score (nSPS) is 14.3. The summed E-state index contributed by atoms with van der Waals surface area (Å²) in [5.74, 6) is 1.84. The van der Waals surface area contributed by atoms with Crippen LogP contribution >= 0.6 is 0 Å². The summed E-state index contributed by atoms with van der Waals surface area (Å²) >= 11 is 0. The van der Waals surface area contributed by atoms with Crippen molar-refractivity contribution >= 4 is 44.7 Å². The number of aryl methyl sites for hydroxylation is 1. The second kappa shape index (κ2) is 12.6. The first-order valence-electron chi connectivity index (χ1n) is 14.7. The monoisotopic (exact) mass is 605 g/mol. The Bertz CT molecular complexity index is 1730. The predicted octanol–water partition coefficient (Wildman–Crippen LogP) is 5.62. The van der Waals surface area contributed by atoms with E-state index in [4.69, 9.17) is 4.74 Å². The number of anilines is 4. The highest BCUT2D eigenvalue weighted by molar-refractivity contribution is 7.92. The molecule has 3 heterocycles. The van der Waals surface area contributed by atoms with E-state index in [1.165, 1.54) is 10.1 Å². The number of sulfone groups is 1. The molecule has 0 aliphatic carbocycles. The number of carbonyl (C=O) groups is 1. The standard InChI is InChI=1S/C31H39N7O4S/c1-6-9-29(39)37-16-13-22(14-17-37)23-19-26(42-5)25(18-21(23)4)33-30-35-28-12-15-32-38(28)31(36-30)34-24-10-7-8-11-27(24)43(40,41)20(2)3/h7-8,10-12,15,18-20,22H,6,9,13-14,16-17H2,1-5H3,(H2,33,34,35,36). The number of methoxy groups -OCH3 is 1. The molecule has 0 bridgehead atoms. The molecule has 4 aromatic rings. The Balaban J connectivity index is 1.42. The maximum absolute atomic E-state index is 13.0. The summed E-state index contributed by atoms with van der Waals surface area (Å²) in [6, 6.07) is 12.6. The number of benzene rings is 2. The molecular weight excluding hydrogens is 566 g/mol. The molecule has 0 atom stereocenters. The van der Waals surface area contributed by atoms with E-state index >= 15 is 0 Å².